The zero-order valence-electron chi connectivity index (χ0n) is 9.31. The fourth-order valence-corrected chi connectivity index (χ4v) is 2.62. The minimum absolute atomic E-state index is 0.0253. The summed E-state index contributed by atoms with van der Waals surface area (Å²) in [6, 6.07) is 11.5. The van der Waals surface area contributed by atoms with Gasteiger partial charge in [0, 0.05) is 19.8 Å². The summed E-state index contributed by atoms with van der Waals surface area (Å²) in [5, 5.41) is 0. The first-order valence-corrected chi connectivity index (χ1v) is 6.80. The molecule has 0 atom stereocenters. The van der Waals surface area contributed by atoms with Crippen molar-refractivity contribution < 1.29 is 4.79 Å². The second-order valence-electron chi connectivity index (χ2n) is 3.66. The van der Waals surface area contributed by atoms with Crippen molar-refractivity contribution in [3.8, 4) is 0 Å². The molecule has 0 unspecified atom stereocenters. The molecule has 0 spiro atoms. The maximum Gasteiger partial charge on any atom is 0.185 e. The van der Waals surface area contributed by atoms with E-state index in [9.17, 15) is 4.79 Å². The van der Waals surface area contributed by atoms with Crippen LogP contribution in [0.1, 0.15) is 20.1 Å². The summed E-state index contributed by atoms with van der Waals surface area (Å²) in [6.07, 6.45) is 3.48. The molecule has 3 heteroatoms. The Kier molecular flexibility index (Phi) is 3.92. The molecule has 1 aromatic carbocycles. The van der Waals surface area contributed by atoms with Gasteiger partial charge in [-0.1, -0.05) is 28.1 Å². The normalized spacial score (nSPS) is 10.9. The molecule has 0 fully saturated rings. The zero-order valence-corrected chi connectivity index (χ0v) is 11.7. The van der Waals surface area contributed by atoms with Gasteiger partial charge in [-0.2, -0.15) is 0 Å². The molecule has 0 aliphatic heterocycles. The lowest BCUT2D eigenvalue weighted by Crippen LogP contribution is -1.92. The molecule has 0 bridgehead atoms. The van der Waals surface area contributed by atoms with Crippen molar-refractivity contribution >= 4 is 39.1 Å². The van der Waals surface area contributed by atoms with Crippen LogP contribution < -0.4 is 0 Å². The van der Waals surface area contributed by atoms with Gasteiger partial charge < -0.3 is 0 Å². The average Bonchev–Trinajstić information content (AvgIpc) is 2.72. The molecule has 1 aromatic heterocycles. The van der Waals surface area contributed by atoms with E-state index in [0.717, 1.165) is 9.35 Å². The quantitative estimate of drug-likeness (QED) is 0.592. The number of carbonyl (C=O) groups excluding carboxylic acids is 1. The van der Waals surface area contributed by atoms with Crippen molar-refractivity contribution in [2.45, 2.75) is 6.92 Å². The highest BCUT2D eigenvalue weighted by molar-refractivity contribution is 9.10. The molecular weight excluding hydrogens is 296 g/mol. The number of rotatable bonds is 3. The van der Waals surface area contributed by atoms with Crippen molar-refractivity contribution in [2.75, 3.05) is 0 Å². The number of hydrogen-bond donors (Lipinski definition) is 0. The number of hydrogen-bond acceptors (Lipinski definition) is 2. The Bertz CT molecular complexity index is 569. The molecule has 0 aliphatic rings. The number of benzene rings is 1. The summed E-state index contributed by atoms with van der Waals surface area (Å²) in [5.74, 6) is 0.0253. The van der Waals surface area contributed by atoms with Crippen LogP contribution in [0.4, 0.5) is 0 Å². The number of aryl methyl sites for hydroxylation is 1. The smallest absolute Gasteiger partial charge is 0.185 e. The lowest BCUT2D eigenvalue weighted by molar-refractivity contribution is 0.104. The van der Waals surface area contributed by atoms with Crippen LogP contribution in [0.25, 0.3) is 6.08 Å². The van der Waals surface area contributed by atoms with E-state index in [1.165, 1.54) is 4.88 Å². The first-order valence-electron chi connectivity index (χ1n) is 5.19. The molecule has 2 aromatic rings. The van der Waals surface area contributed by atoms with Gasteiger partial charge in [-0.05, 0) is 43.3 Å². The monoisotopic (exact) mass is 306 g/mol. The first-order chi connectivity index (χ1) is 8.15. The van der Waals surface area contributed by atoms with Crippen molar-refractivity contribution in [3.63, 3.8) is 0 Å². The molecule has 17 heavy (non-hydrogen) atoms. The van der Waals surface area contributed by atoms with Gasteiger partial charge in [0.15, 0.2) is 5.78 Å². The number of carbonyl (C=O) groups is 1. The summed E-state index contributed by atoms with van der Waals surface area (Å²) in [4.78, 5) is 14.2. The van der Waals surface area contributed by atoms with Gasteiger partial charge in [-0.25, -0.2) is 0 Å². The van der Waals surface area contributed by atoms with Crippen LogP contribution in [0.15, 0.2) is 46.9 Å². The van der Waals surface area contributed by atoms with E-state index in [4.69, 9.17) is 0 Å². The molecule has 0 N–H and O–H groups in total. The van der Waals surface area contributed by atoms with Crippen LogP contribution in [0.5, 0.6) is 0 Å². The Morgan fingerprint density at radius 1 is 1.29 bits per heavy atom. The molecule has 0 radical (unpaired) electrons. The highest BCUT2D eigenvalue weighted by Gasteiger charge is 2.01. The predicted octanol–water partition coefficient (Wildman–Crippen LogP) is 4.72. The maximum atomic E-state index is 11.9. The largest absolute Gasteiger partial charge is 0.289 e. The second-order valence-corrected chi connectivity index (χ2v) is 5.89. The summed E-state index contributed by atoms with van der Waals surface area (Å²) < 4.78 is 0.920. The first kappa shape index (κ1) is 12.3. The Morgan fingerprint density at radius 2 is 2.12 bits per heavy atom. The average molecular weight is 307 g/mol. The fourth-order valence-electron chi connectivity index (χ4n) is 1.44. The van der Waals surface area contributed by atoms with Gasteiger partial charge in [0.2, 0.25) is 0 Å². The number of allylic oxidation sites excluding steroid dienone is 1. The molecule has 0 amide bonds. The van der Waals surface area contributed by atoms with Crippen LogP contribution in [-0.4, -0.2) is 5.78 Å². The molecule has 86 valence electrons. The summed E-state index contributed by atoms with van der Waals surface area (Å²) in [6.45, 7) is 2.05. The van der Waals surface area contributed by atoms with E-state index in [0.29, 0.717) is 5.56 Å². The molecule has 1 heterocycles. The summed E-state index contributed by atoms with van der Waals surface area (Å²) in [7, 11) is 0. The van der Waals surface area contributed by atoms with Gasteiger partial charge in [-0.3, -0.25) is 4.79 Å². The minimum atomic E-state index is 0.0253. The third-order valence-electron chi connectivity index (χ3n) is 2.27. The lowest BCUT2D eigenvalue weighted by atomic mass is 10.1. The van der Waals surface area contributed by atoms with Crippen molar-refractivity contribution in [1.29, 1.82) is 0 Å². The SMILES string of the molecule is Cc1ccc(C=CC(=O)c2cccc(Br)c2)s1. The molecule has 0 saturated carbocycles. The van der Waals surface area contributed by atoms with Gasteiger partial charge in [0.25, 0.3) is 0 Å². The van der Waals surface area contributed by atoms with Crippen LogP contribution in [0, 0.1) is 6.92 Å². The second kappa shape index (κ2) is 5.43. The highest BCUT2D eigenvalue weighted by atomic mass is 79.9. The van der Waals surface area contributed by atoms with Crippen molar-refractivity contribution in [2.24, 2.45) is 0 Å². The fraction of sp³-hybridized carbons (Fsp3) is 0.0714. The van der Waals surface area contributed by atoms with E-state index in [-0.39, 0.29) is 5.78 Å². The van der Waals surface area contributed by atoms with Crippen molar-refractivity contribution in [3.05, 3.63) is 62.3 Å². The van der Waals surface area contributed by atoms with Gasteiger partial charge in [0.05, 0.1) is 0 Å². The van der Waals surface area contributed by atoms with Gasteiger partial charge >= 0.3 is 0 Å². The standard InChI is InChI=1S/C14H11BrOS/c1-10-5-6-13(17-10)7-8-14(16)11-3-2-4-12(15)9-11/h2-9H,1H3. The van der Waals surface area contributed by atoms with Gasteiger partial charge in [0.1, 0.15) is 0 Å². The maximum absolute atomic E-state index is 11.9. The number of thiophene rings is 1. The Hall–Kier alpha value is -1.19. The van der Waals surface area contributed by atoms with E-state index in [2.05, 4.69) is 22.9 Å². The topological polar surface area (TPSA) is 17.1 Å². The molecule has 0 saturated heterocycles. The number of halogens is 1. The number of ketones is 1. The van der Waals surface area contributed by atoms with Gasteiger partial charge in [-0.15, -0.1) is 11.3 Å². The highest BCUT2D eigenvalue weighted by Crippen LogP contribution is 2.17. The summed E-state index contributed by atoms with van der Waals surface area (Å²) in [5.41, 5.74) is 0.698. The Labute approximate surface area is 113 Å². The summed E-state index contributed by atoms with van der Waals surface area (Å²) >= 11 is 5.04. The van der Waals surface area contributed by atoms with Crippen LogP contribution in [-0.2, 0) is 0 Å². The molecule has 2 rings (SSSR count). The molecule has 0 aliphatic carbocycles. The minimum Gasteiger partial charge on any atom is -0.289 e. The third kappa shape index (κ3) is 3.38. The Morgan fingerprint density at radius 3 is 2.76 bits per heavy atom. The van der Waals surface area contributed by atoms with Crippen LogP contribution in [0.3, 0.4) is 0 Å². The molecular formula is C14H11BrOS. The third-order valence-corrected chi connectivity index (χ3v) is 3.73. The van der Waals surface area contributed by atoms with Crippen LogP contribution in [0.2, 0.25) is 0 Å². The van der Waals surface area contributed by atoms with Crippen molar-refractivity contribution in [1.82, 2.24) is 0 Å². The predicted molar refractivity (Wildman–Crippen MR) is 76.6 cm³/mol. The van der Waals surface area contributed by atoms with E-state index >= 15 is 0 Å². The van der Waals surface area contributed by atoms with E-state index < -0.39 is 0 Å². The van der Waals surface area contributed by atoms with E-state index in [1.54, 1.807) is 17.4 Å². The van der Waals surface area contributed by atoms with E-state index in [1.807, 2.05) is 42.5 Å². The lowest BCUT2D eigenvalue weighted by Gasteiger charge is -1.95. The Balaban J connectivity index is 2.14. The molecule has 1 nitrogen and oxygen atoms in total. The zero-order chi connectivity index (χ0) is 12.3. The van der Waals surface area contributed by atoms with Crippen LogP contribution >= 0.6 is 27.3 Å².